The maximum absolute atomic E-state index is 2.61. The Morgan fingerprint density at radius 2 is 2.00 bits per heavy atom. The van der Waals surface area contributed by atoms with Gasteiger partial charge in [-0.2, -0.15) is 0 Å². The second-order valence-electron chi connectivity index (χ2n) is 4.63. The van der Waals surface area contributed by atoms with E-state index in [-0.39, 0.29) is 0 Å². The summed E-state index contributed by atoms with van der Waals surface area (Å²) in [4.78, 5) is 4.14. The predicted octanol–water partition coefficient (Wildman–Crippen LogP) is 4.09. The van der Waals surface area contributed by atoms with E-state index in [1.807, 2.05) is 11.3 Å². The highest BCUT2D eigenvalue weighted by molar-refractivity contribution is 7.10. The zero-order valence-corrected chi connectivity index (χ0v) is 10.7. The fraction of sp³-hybridized carbons (Fsp3) is 0.333. The lowest BCUT2D eigenvalue weighted by atomic mass is 10.1. The third-order valence-electron chi connectivity index (χ3n) is 3.46. The molecule has 88 valence electrons. The van der Waals surface area contributed by atoms with Crippen LogP contribution in [0.1, 0.15) is 29.3 Å². The van der Waals surface area contributed by atoms with Crippen molar-refractivity contribution >= 4 is 11.3 Å². The predicted molar refractivity (Wildman–Crippen MR) is 73.1 cm³/mol. The van der Waals surface area contributed by atoms with E-state index in [1.54, 1.807) is 0 Å². The first-order valence-corrected chi connectivity index (χ1v) is 7.13. The quantitative estimate of drug-likeness (QED) is 0.785. The Labute approximate surface area is 107 Å². The minimum Gasteiger partial charge on any atom is -0.291 e. The normalized spacial score (nSPS) is 20.8. The highest BCUT2D eigenvalue weighted by Gasteiger charge is 2.26. The molecule has 0 N–H and O–H groups in total. The molecular formula is C15H17NS. The first-order chi connectivity index (χ1) is 8.43. The van der Waals surface area contributed by atoms with Crippen molar-refractivity contribution in [1.29, 1.82) is 0 Å². The van der Waals surface area contributed by atoms with Gasteiger partial charge in [0.15, 0.2) is 0 Å². The third kappa shape index (κ3) is 2.43. The second kappa shape index (κ2) is 5.03. The molecule has 1 aromatic carbocycles. The molecule has 0 saturated carbocycles. The lowest BCUT2D eigenvalue weighted by molar-refractivity contribution is 0.251. The molecular weight excluding hydrogens is 226 g/mol. The van der Waals surface area contributed by atoms with Crippen LogP contribution in [0.4, 0.5) is 0 Å². The number of rotatable bonds is 3. The molecule has 1 fully saturated rings. The molecule has 1 aromatic heterocycles. The van der Waals surface area contributed by atoms with Crippen LogP contribution in [0.2, 0.25) is 0 Å². The van der Waals surface area contributed by atoms with Crippen molar-refractivity contribution in [2.24, 2.45) is 0 Å². The summed E-state index contributed by atoms with van der Waals surface area (Å²) in [5.41, 5.74) is 1.43. The number of benzene rings is 1. The van der Waals surface area contributed by atoms with Gasteiger partial charge in [-0.25, -0.2) is 0 Å². The summed E-state index contributed by atoms with van der Waals surface area (Å²) >= 11 is 1.89. The fourth-order valence-corrected chi connectivity index (χ4v) is 3.53. The van der Waals surface area contributed by atoms with Gasteiger partial charge < -0.3 is 0 Å². The van der Waals surface area contributed by atoms with Crippen LogP contribution in [0.15, 0.2) is 47.8 Å². The summed E-state index contributed by atoms with van der Waals surface area (Å²) in [5.74, 6) is 0. The maximum atomic E-state index is 2.61. The van der Waals surface area contributed by atoms with Gasteiger partial charge in [0.1, 0.15) is 0 Å². The third-order valence-corrected chi connectivity index (χ3v) is 4.44. The summed E-state index contributed by atoms with van der Waals surface area (Å²) in [6.45, 7) is 2.32. The standard InChI is InChI=1S/C15H17NS/c1-2-6-13(7-3-1)12-16-10-4-8-14(16)15-9-5-11-17-15/h1-3,5-7,9,11,14H,4,8,10,12H2. The first kappa shape index (κ1) is 11.0. The summed E-state index contributed by atoms with van der Waals surface area (Å²) in [6, 6.07) is 15.9. The van der Waals surface area contributed by atoms with E-state index in [9.17, 15) is 0 Å². The summed E-state index contributed by atoms with van der Waals surface area (Å²) in [5, 5.41) is 2.19. The smallest absolute Gasteiger partial charge is 0.0445 e. The van der Waals surface area contributed by atoms with Crippen molar-refractivity contribution in [1.82, 2.24) is 4.90 Å². The lowest BCUT2D eigenvalue weighted by Gasteiger charge is -2.23. The van der Waals surface area contributed by atoms with E-state index in [0.29, 0.717) is 6.04 Å². The van der Waals surface area contributed by atoms with Gasteiger partial charge in [0.2, 0.25) is 0 Å². The number of hydrogen-bond acceptors (Lipinski definition) is 2. The first-order valence-electron chi connectivity index (χ1n) is 6.25. The van der Waals surface area contributed by atoms with Gasteiger partial charge in [-0.15, -0.1) is 11.3 Å². The van der Waals surface area contributed by atoms with Crippen LogP contribution in [-0.2, 0) is 6.54 Å². The van der Waals surface area contributed by atoms with Crippen molar-refractivity contribution < 1.29 is 0 Å². The van der Waals surface area contributed by atoms with E-state index >= 15 is 0 Å². The Kier molecular flexibility index (Phi) is 3.25. The summed E-state index contributed by atoms with van der Waals surface area (Å²) < 4.78 is 0. The van der Waals surface area contributed by atoms with Crippen LogP contribution in [0, 0.1) is 0 Å². The average Bonchev–Trinajstić information content (AvgIpc) is 3.00. The molecule has 0 aliphatic carbocycles. The van der Waals surface area contributed by atoms with Gasteiger partial charge in [0.05, 0.1) is 0 Å². The van der Waals surface area contributed by atoms with Crippen molar-refractivity contribution in [3.05, 3.63) is 58.3 Å². The molecule has 2 heterocycles. The molecule has 2 aromatic rings. The topological polar surface area (TPSA) is 3.24 Å². The van der Waals surface area contributed by atoms with Crippen molar-refractivity contribution in [2.75, 3.05) is 6.54 Å². The van der Waals surface area contributed by atoms with Crippen LogP contribution in [0.25, 0.3) is 0 Å². The Morgan fingerprint density at radius 1 is 1.12 bits per heavy atom. The highest BCUT2D eigenvalue weighted by atomic mass is 32.1. The number of likely N-dealkylation sites (tertiary alicyclic amines) is 1. The molecule has 1 unspecified atom stereocenters. The SMILES string of the molecule is c1ccc(CN2CCCC2c2cccs2)cc1. The van der Waals surface area contributed by atoms with Gasteiger partial charge in [-0.3, -0.25) is 4.90 Å². The highest BCUT2D eigenvalue weighted by Crippen LogP contribution is 2.35. The van der Waals surface area contributed by atoms with E-state index in [2.05, 4.69) is 52.7 Å². The lowest BCUT2D eigenvalue weighted by Crippen LogP contribution is -2.22. The van der Waals surface area contributed by atoms with Crippen molar-refractivity contribution in [3.8, 4) is 0 Å². The van der Waals surface area contributed by atoms with E-state index in [1.165, 1.54) is 29.8 Å². The minimum absolute atomic E-state index is 0.648. The zero-order valence-electron chi connectivity index (χ0n) is 9.88. The molecule has 1 atom stereocenters. The van der Waals surface area contributed by atoms with E-state index in [0.717, 1.165) is 6.54 Å². The molecule has 0 amide bonds. The average molecular weight is 243 g/mol. The van der Waals surface area contributed by atoms with Gasteiger partial charge in [0.25, 0.3) is 0 Å². The monoisotopic (exact) mass is 243 g/mol. The Balaban J connectivity index is 1.75. The van der Waals surface area contributed by atoms with Gasteiger partial charge in [-0.1, -0.05) is 36.4 Å². The molecule has 17 heavy (non-hydrogen) atoms. The molecule has 1 aliphatic heterocycles. The zero-order chi connectivity index (χ0) is 11.5. The van der Waals surface area contributed by atoms with Gasteiger partial charge in [0, 0.05) is 17.5 Å². The Bertz CT molecular complexity index is 449. The fourth-order valence-electron chi connectivity index (χ4n) is 2.64. The van der Waals surface area contributed by atoms with Crippen LogP contribution in [0.5, 0.6) is 0 Å². The molecule has 2 heteroatoms. The largest absolute Gasteiger partial charge is 0.291 e. The molecule has 0 radical (unpaired) electrons. The molecule has 0 spiro atoms. The van der Waals surface area contributed by atoms with Crippen LogP contribution in [-0.4, -0.2) is 11.4 Å². The van der Waals surface area contributed by atoms with E-state index < -0.39 is 0 Å². The van der Waals surface area contributed by atoms with Gasteiger partial charge >= 0.3 is 0 Å². The van der Waals surface area contributed by atoms with E-state index in [4.69, 9.17) is 0 Å². The maximum Gasteiger partial charge on any atom is 0.0445 e. The van der Waals surface area contributed by atoms with Gasteiger partial charge in [-0.05, 0) is 36.4 Å². The van der Waals surface area contributed by atoms with Crippen molar-refractivity contribution in [2.45, 2.75) is 25.4 Å². The summed E-state index contributed by atoms with van der Waals surface area (Å²) in [6.07, 6.45) is 2.64. The molecule has 1 saturated heterocycles. The molecule has 0 bridgehead atoms. The Hall–Kier alpha value is -1.12. The summed E-state index contributed by atoms with van der Waals surface area (Å²) in [7, 11) is 0. The minimum atomic E-state index is 0.648. The molecule has 1 aliphatic rings. The second-order valence-corrected chi connectivity index (χ2v) is 5.61. The number of nitrogens with zero attached hydrogens (tertiary/aromatic N) is 1. The van der Waals surface area contributed by atoms with Crippen LogP contribution in [0.3, 0.4) is 0 Å². The van der Waals surface area contributed by atoms with Crippen LogP contribution >= 0.6 is 11.3 Å². The number of hydrogen-bond donors (Lipinski definition) is 0. The molecule has 3 rings (SSSR count). The molecule has 1 nitrogen and oxygen atoms in total. The number of thiophene rings is 1. The van der Waals surface area contributed by atoms with Crippen LogP contribution < -0.4 is 0 Å². The Morgan fingerprint density at radius 3 is 2.76 bits per heavy atom. The van der Waals surface area contributed by atoms with Crippen molar-refractivity contribution in [3.63, 3.8) is 0 Å².